The fourth-order valence-electron chi connectivity index (χ4n) is 2.22. The number of thiazole rings is 1. The van der Waals surface area contributed by atoms with Gasteiger partial charge in [0.05, 0.1) is 10.7 Å². The van der Waals surface area contributed by atoms with Crippen LogP contribution in [0, 0.1) is 0 Å². The van der Waals surface area contributed by atoms with Gasteiger partial charge in [-0.3, -0.25) is 4.98 Å². The Hall–Kier alpha value is -2.73. The highest BCUT2D eigenvalue weighted by molar-refractivity contribution is 7.09. The van der Waals surface area contributed by atoms with Crippen LogP contribution >= 0.6 is 11.3 Å². The molecule has 24 heavy (non-hydrogen) atoms. The number of anilines is 1. The number of urea groups is 1. The normalized spacial score (nSPS) is 10.3. The van der Waals surface area contributed by atoms with Gasteiger partial charge in [-0.05, 0) is 30.7 Å². The van der Waals surface area contributed by atoms with Crippen molar-refractivity contribution in [1.29, 1.82) is 0 Å². The van der Waals surface area contributed by atoms with E-state index >= 15 is 0 Å². The molecule has 3 aromatic rings. The number of carbonyl (C=O) groups excluding carboxylic acids is 1. The van der Waals surface area contributed by atoms with E-state index in [1.165, 1.54) is 0 Å². The van der Waals surface area contributed by atoms with E-state index in [0.29, 0.717) is 6.54 Å². The van der Waals surface area contributed by atoms with Crippen LogP contribution in [0.25, 0.3) is 11.3 Å². The second kappa shape index (κ2) is 8.21. The molecule has 122 valence electrons. The topological polar surface area (TPSA) is 66.9 Å². The van der Waals surface area contributed by atoms with Gasteiger partial charge in [-0.1, -0.05) is 18.2 Å². The Morgan fingerprint density at radius 1 is 1.08 bits per heavy atom. The largest absolute Gasteiger partial charge is 0.338 e. The molecule has 0 unspecified atom stereocenters. The van der Waals surface area contributed by atoms with Gasteiger partial charge in [0.2, 0.25) is 0 Å². The van der Waals surface area contributed by atoms with E-state index in [2.05, 4.69) is 26.0 Å². The first-order valence-corrected chi connectivity index (χ1v) is 8.64. The van der Waals surface area contributed by atoms with Gasteiger partial charge < -0.3 is 10.6 Å². The first kappa shape index (κ1) is 16.1. The van der Waals surface area contributed by atoms with Crippen LogP contribution in [0.1, 0.15) is 11.4 Å². The molecule has 2 aromatic heterocycles. The molecule has 2 heterocycles. The Morgan fingerprint density at radius 3 is 2.67 bits per heavy atom. The molecule has 0 aliphatic heterocycles. The van der Waals surface area contributed by atoms with Crippen molar-refractivity contribution < 1.29 is 4.79 Å². The average molecular weight is 338 g/mol. The number of rotatable bonds is 6. The smallest absolute Gasteiger partial charge is 0.319 e. The van der Waals surface area contributed by atoms with Crippen LogP contribution in [-0.4, -0.2) is 22.5 Å². The molecule has 0 aliphatic carbocycles. The molecule has 2 N–H and O–H groups in total. The Labute approximate surface area is 144 Å². The van der Waals surface area contributed by atoms with Gasteiger partial charge in [0.25, 0.3) is 0 Å². The van der Waals surface area contributed by atoms with Gasteiger partial charge in [-0.25, -0.2) is 9.78 Å². The Balaban J connectivity index is 1.41. The Bertz CT molecular complexity index is 774. The molecule has 2 amide bonds. The maximum Gasteiger partial charge on any atom is 0.319 e. The van der Waals surface area contributed by atoms with E-state index < -0.39 is 0 Å². The zero-order chi connectivity index (χ0) is 16.6. The van der Waals surface area contributed by atoms with Crippen LogP contribution in [0.5, 0.6) is 0 Å². The fraction of sp³-hybridized carbons (Fsp3) is 0.167. The minimum atomic E-state index is -0.183. The van der Waals surface area contributed by atoms with Crippen LogP contribution in [0.4, 0.5) is 10.5 Å². The Kier molecular flexibility index (Phi) is 5.52. The summed E-state index contributed by atoms with van der Waals surface area (Å²) < 4.78 is 0. The fourth-order valence-corrected chi connectivity index (χ4v) is 3.07. The summed E-state index contributed by atoms with van der Waals surface area (Å²) in [5.74, 6) is 0. The molecular formula is C18H18N4OS. The molecule has 0 fully saturated rings. The standard InChI is InChI=1S/C18H18N4OS/c23-18(21-15-5-2-1-3-6-15)20-10-4-7-17-22-16(13-24-17)14-8-11-19-12-9-14/h1-3,5-6,8-9,11-13H,4,7,10H2,(H2,20,21,23). The number of aryl methyl sites for hydroxylation is 1. The van der Waals surface area contributed by atoms with Gasteiger partial charge in [-0.15, -0.1) is 11.3 Å². The minimum absolute atomic E-state index is 0.183. The lowest BCUT2D eigenvalue weighted by atomic mass is 10.2. The number of carbonyl (C=O) groups is 1. The zero-order valence-electron chi connectivity index (χ0n) is 13.1. The zero-order valence-corrected chi connectivity index (χ0v) is 13.9. The third kappa shape index (κ3) is 4.63. The summed E-state index contributed by atoms with van der Waals surface area (Å²) in [6.45, 7) is 0.614. The van der Waals surface area contributed by atoms with Crippen LogP contribution in [0.3, 0.4) is 0 Å². The summed E-state index contributed by atoms with van der Waals surface area (Å²) >= 11 is 1.65. The van der Waals surface area contributed by atoms with E-state index in [1.807, 2.05) is 42.5 Å². The number of benzene rings is 1. The summed E-state index contributed by atoms with van der Waals surface area (Å²) in [6.07, 6.45) is 5.24. The summed E-state index contributed by atoms with van der Waals surface area (Å²) in [5.41, 5.74) is 2.84. The lowest BCUT2D eigenvalue weighted by Crippen LogP contribution is -2.29. The van der Waals surface area contributed by atoms with Crippen LogP contribution in [-0.2, 0) is 6.42 Å². The van der Waals surface area contributed by atoms with Gasteiger partial charge in [-0.2, -0.15) is 0 Å². The monoisotopic (exact) mass is 338 g/mol. The quantitative estimate of drug-likeness (QED) is 0.669. The molecular weight excluding hydrogens is 320 g/mol. The van der Waals surface area contributed by atoms with Crippen molar-refractivity contribution in [2.75, 3.05) is 11.9 Å². The predicted octanol–water partition coefficient (Wildman–Crippen LogP) is 3.96. The maximum atomic E-state index is 11.8. The summed E-state index contributed by atoms with van der Waals surface area (Å²) in [7, 11) is 0. The predicted molar refractivity (Wildman–Crippen MR) is 97.1 cm³/mol. The molecule has 0 aliphatic rings. The summed E-state index contributed by atoms with van der Waals surface area (Å²) in [5, 5.41) is 8.79. The summed E-state index contributed by atoms with van der Waals surface area (Å²) in [6, 6.07) is 13.1. The van der Waals surface area contributed by atoms with E-state index in [1.54, 1.807) is 23.7 Å². The lowest BCUT2D eigenvalue weighted by molar-refractivity contribution is 0.252. The van der Waals surface area contributed by atoms with Crippen molar-refractivity contribution >= 4 is 23.1 Å². The number of nitrogens with one attached hydrogen (secondary N) is 2. The third-order valence-electron chi connectivity index (χ3n) is 3.41. The molecule has 0 bridgehead atoms. The van der Waals surface area contributed by atoms with Crippen LogP contribution < -0.4 is 10.6 Å². The molecule has 1 aromatic carbocycles. The van der Waals surface area contributed by atoms with E-state index in [0.717, 1.165) is 34.8 Å². The molecule has 3 rings (SSSR count). The number of pyridine rings is 1. The number of amides is 2. The van der Waals surface area contributed by atoms with Gasteiger partial charge in [0, 0.05) is 42.0 Å². The minimum Gasteiger partial charge on any atom is -0.338 e. The average Bonchev–Trinajstić information content (AvgIpc) is 3.09. The molecule has 0 atom stereocenters. The number of hydrogen-bond acceptors (Lipinski definition) is 4. The van der Waals surface area contributed by atoms with Crippen molar-refractivity contribution in [3.63, 3.8) is 0 Å². The molecule has 0 radical (unpaired) electrons. The molecule has 0 saturated carbocycles. The van der Waals surface area contributed by atoms with Crippen LogP contribution in [0.2, 0.25) is 0 Å². The van der Waals surface area contributed by atoms with E-state index in [9.17, 15) is 4.79 Å². The van der Waals surface area contributed by atoms with Gasteiger partial charge in [0.15, 0.2) is 0 Å². The second-order valence-electron chi connectivity index (χ2n) is 5.21. The van der Waals surface area contributed by atoms with Crippen molar-refractivity contribution in [2.24, 2.45) is 0 Å². The lowest BCUT2D eigenvalue weighted by Gasteiger charge is -2.06. The summed E-state index contributed by atoms with van der Waals surface area (Å²) in [4.78, 5) is 20.4. The number of nitrogens with zero attached hydrogens (tertiary/aromatic N) is 2. The number of aromatic nitrogens is 2. The Morgan fingerprint density at radius 2 is 1.88 bits per heavy atom. The number of hydrogen-bond donors (Lipinski definition) is 2. The molecule has 0 saturated heterocycles. The second-order valence-corrected chi connectivity index (χ2v) is 6.16. The highest BCUT2D eigenvalue weighted by Gasteiger charge is 2.05. The van der Waals surface area contributed by atoms with Crippen molar-refractivity contribution in [1.82, 2.24) is 15.3 Å². The van der Waals surface area contributed by atoms with Crippen LogP contribution in [0.15, 0.2) is 60.2 Å². The van der Waals surface area contributed by atoms with Gasteiger partial charge >= 0.3 is 6.03 Å². The third-order valence-corrected chi connectivity index (χ3v) is 4.32. The molecule has 5 nitrogen and oxygen atoms in total. The van der Waals surface area contributed by atoms with Crippen molar-refractivity contribution in [2.45, 2.75) is 12.8 Å². The molecule has 0 spiro atoms. The highest BCUT2D eigenvalue weighted by Crippen LogP contribution is 2.21. The van der Waals surface area contributed by atoms with Gasteiger partial charge in [0.1, 0.15) is 0 Å². The van der Waals surface area contributed by atoms with Crippen molar-refractivity contribution in [3.8, 4) is 11.3 Å². The highest BCUT2D eigenvalue weighted by atomic mass is 32.1. The first-order valence-electron chi connectivity index (χ1n) is 7.76. The molecule has 6 heteroatoms. The van der Waals surface area contributed by atoms with E-state index in [4.69, 9.17) is 0 Å². The van der Waals surface area contributed by atoms with Crippen molar-refractivity contribution in [3.05, 3.63) is 65.2 Å². The number of para-hydroxylation sites is 1. The van der Waals surface area contributed by atoms with E-state index in [-0.39, 0.29) is 6.03 Å². The first-order chi connectivity index (χ1) is 11.8. The maximum absolute atomic E-state index is 11.8. The SMILES string of the molecule is O=C(NCCCc1nc(-c2ccncc2)cs1)Nc1ccccc1.